The van der Waals surface area contributed by atoms with E-state index in [-0.39, 0.29) is 55.7 Å². The number of nitrogens with one attached hydrogen (secondary N) is 8. The van der Waals surface area contributed by atoms with Crippen LogP contribution in [-0.2, 0) is 52.8 Å². The van der Waals surface area contributed by atoms with Crippen molar-refractivity contribution in [3.63, 3.8) is 0 Å². The molecule has 4 aromatic carbocycles. The molecular weight excluding hydrogens is 1080 g/mol. The highest BCUT2D eigenvalue weighted by Gasteiger charge is 2.38. The first-order valence-electron chi connectivity index (χ1n) is 26.0. The number of aliphatic carboxylic acids is 1. The summed E-state index contributed by atoms with van der Waals surface area (Å²) in [7, 11) is 3.06. The Balaban J connectivity index is 1.44. The zero-order valence-electron chi connectivity index (χ0n) is 44.5. The number of aliphatic hydroxyl groups excluding tert-OH is 2. The van der Waals surface area contributed by atoms with Gasteiger partial charge in [0.2, 0.25) is 41.8 Å². The van der Waals surface area contributed by atoms with Crippen molar-refractivity contribution >= 4 is 85.8 Å². The lowest BCUT2D eigenvalue weighted by atomic mass is 10.0. The fraction of sp³-hybridized carbons (Fsp3) is 0.364. The van der Waals surface area contributed by atoms with Crippen LogP contribution in [0.2, 0.25) is 0 Å². The standard InChI is InChI=1S/C55H68N12O12S2/c1-32(68)45-51(74)61-41(26-33-16-6-3-7-17-33)48(71)62-44(53(76)77)31-81-80-30-38(57)46(69)60-42(27-34-18-8-4-9-19-34)49(72)64-54(78)67(55(79)66(2)52(75)35-20-10-5-11-21-35)65-43(28-36-29-58-39-23-13-12-22-37(36)39)50(73)59-40(47(70)63-45)24-14-15-25-56/h3-13,16-23,29,32,38,40-45,54,58,65,68,78H,14-15,24-28,30-31,56-57H2,1-2H3,(H,59,73)(H,60,69)(H,61,74)(H,62,71)(H,63,70)(H,64,72)(H,76,77)/t32-,38+,40-,41-,42+,43+,44-,45+,54?/m1/s1. The van der Waals surface area contributed by atoms with Crippen LogP contribution < -0.4 is 48.8 Å². The zero-order valence-corrected chi connectivity index (χ0v) is 46.1. The molecule has 6 rings (SSSR count). The Labute approximate surface area is 475 Å². The molecule has 2 heterocycles. The molecule has 1 aliphatic heterocycles. The van der Waals surface area contributed by atoms with Gasteiger partial charge in [-0.15, -0.1) is 0 Å². The minimum Gasteiger partial charge on any atom is -0.480 e. The molecule has 24 nitrogen and oxygen atoms in total. The number of hydrazine groups is 1. The number of hydrogen-bond donors (Lipinski definition) is 13. The maximum absolute atomic E-state index is 15.1. The first-order chi connectivity index (χ1) is 38.8. The third kappa shape index (κ3) is 18.1. The second-order valence-corrected chi connectivity index (χ2v) is 21.7. The van der Waals surface area contributed by atoms with E-state index in [1.807, 2.05) is 0 Å². The average Bonchev–Trinajstić information content (AvgIpc) is 4.10. The summed E-state index contributed by atoms with van der Waals surface area (Å²) in [6, 6.07) is 19.6. The number of aliphatic hydroxyl groups is 2. The third-order valence-corrected chi connectivity index (χ3v) is 15.5. The number of imide groups is 1. The molecule has 15 N–H and O–H groups in total. The fourth-order valence-electron chi connectivity index (χ4n) is 8.54. The zero-order chi connectivity index (χ0) is 58.6. The van der Waals surface area contributed by atoms with Crippen molar-refractivity contribution in [2.45, 2.75) is 100 Å². The van der Waals surface area contributed by atoms with E-state index >= 15 is 4.79 Å². The topological polar surface area (TPSA) is 373 Å². The number of H-pyrrole nitrogens is 1. The predicted octanol–water partition coefficient (Wildman–Crippen LogP) is 0.396. The van der Waals surface area contributed by atoms with E-state index in [2.05, 4.69) is 42.3 Å². The maximum Gasteiger partial charge on any atom is 0.344 e. The van der Waals surface area contributed by atoms with Crippen LogP contribution in [-0.4, -0.2) is 163 Å². The van der Waals surface area contributed by atoms with Crippen molar-refractivity contribution in [1.82, 2.24) is 52.2 Å². The first kappa shape index (κ1) is 62.3. The van der Waals surface area contributed by atoms with Crippen LogP contribution in [0.5, 0.6) is 0 Å². The molecule has 9 amide bonds. The minimum absolute atomic E-state index is 0.0582. The Morgan fingerprint density at radius 1 is 0.654 bits per heavy atom. The molecule has 0 bridgehead atoms. The van der Waals surface area contributed by atoms with Crippen LogP contribution in [0, 0.1) is 0 Å². The molecule has 1 fully saturated rings. The SMILES string of the molecule is C[C@@H](O)[C@@H]1NC(=O)[C@@H](CCCCN)NC(=O)[C@H](Cc2c[nH]c3ccccc23)NN(C(=O)N(C)C(=O)c2ccccc2)C(O)NC(=O)[C@H](Cc2ccccc2)NC(=O)[C@@H](N)CSSC[C@H](C(=O)O)NC(=O)[C@@H](Cc2ccccc2)NC1=O. The molecule has 9 atom stereocenters. The lowest BCUT2D eigenvalue weighted by Crippen LogP contribution is -2.67. The fourth-order valence-corrected chi connectivity index (χ4v) is 10.8. The lowest BCUT2D eigenvalue weighted by Gasteiger charge is -2.35. The summed E-state index contributed by atoms with van der Waals surface area (Å²) in [6.07, 6.45) is -2.53. The molecular formula is C55H68N12O12S2. The average molecular weight is 1150 g/mol. The Hall–Kier alpha value is -7.85. The molecule has 5 aromatic rings. The number of para-hydroxylation sites is 1. The van der Waals surface area contributed by atoms with Crippen LogP contribution in [0.25, 0.3) is 10.9 Å². The van der Waals surface area contributed by atoms with E-state index in [1.165, 1.54) is 19.1 Å². The predicted molar refractivity (Wildman–Crippen MR) is 304 cm³/mol. The smallest absolute Gasteiger partial charge is 0.344 e. The number of amides is 9. The summed E-state index contributed by atoms with van der Waals surface area (Å²) in [5.74, 6) is -8.50. The largest absolute Gasteiger partial charge is 0.480 e. The Morgan fingerprint density at radius 2 is 1.19 bits per heavy atom. The van der Waals surface area contributed by atoms with Crippen LogP contribution in [0.3, 0.4) is 0 Å². The lowest BCUT2D eigenvalue weighted by molar-refractivity contribution is -0.141. The highest BCUT2D eigenvalue weighted by molar-refractivity contribution is 8.76. The first-order valence-corrected chi connectivity index (χ1v) is 28.5. The van der Waals surface area contributed by atoms with Gasteiger partial charge in [-0.2, -0.15) is 0 Å². The number of unbranched alkanes of at least 4 members (excludes halogenated alkanes) is 1. The number of carbonyl (C=O) groups excluding carboxylic acids is 8. The molecule has 1 aliphatic rings. The van der Waals surface area contributed by atoms with Crippen molar-refractivity contribution < 1.29 is 58.5 Å². The summed E-state index contributed by atoms with van der Waals surface area (Å²) in [5.41, 5.74) is 17.2. The van der Waals surface area contributed by atoms with E-state index in [0.717, 1.165) is 28.6 Å². The molecule has 1 unspecified atom stereocenters. The van der Waals surface area contributed by atoms with Crippen molar-refractivity contribution in [3.05, 3.63) is 144 Å². The third-order valence-electron chi connectivity index (χ3n) is 13.0. The van der Waals surface area contributed by atoms with E-state index in [9.17, 15) is 53.7 Å². The summed E-state index contributed by atoms with van der Waals surface area (Å²) in [4.78, 5) is 131. The molecule has 432 valence electrons. The number of nitrogens with zero attached hydrogens (tertiary/aromatic N) is 2. The number of aromatic amines is 1. The van der Waals surface area contributed by atoms with E-state index < -0.39 is 108 Å². The quantitative estimate of drug-likeness (QED) is 0.0560. The number of urea groups is 1. The van der Waals surface area contributed by atoms with Crippen molar-refractivity contribution in [2.24, 2.45) is 11.5 Å². The molecule has 1 saturated heterocycles. The summed E-state index contributed by atoms with van der Waals surface area (Å²) in [5, 5.41) is 49.7. The number of hydrogen-bond acceptors (Lipinski definition) is 16. The van der Waals surface area contributed by atoms with Crippen LogP contribution >= 0.6 is 21.6 Å². The molecule has 1 aromatic heterocycles. The van der Waals surface area contributed by atoms with Gasteiger partial charge in [0.1, 0.15) is 36.3 Å². The molecule has 0 saturated carbocycles. The second-order valence-electron chi connectivity index (χ2n) is 19.2. The number of aromatic nitrogens is 1. The number of nitrogens with two attached hydrogens (primary N) is 2. The summed E-state index contributed by atoms with van der Waals surface area (Å²) in [6.45, 7) is 1.40. The van der Waals surface area contributed by atoms with Crippen molar-refractivity contribution in [2.75, 3.05) is 25.1 Å². The van der Waals surface area contributed by atoms with Gasteiger partial charge < -0.3 is 63.7 Å². The maximum atomic E-state index is 15.1. The van der Waals surface area contributed by atoms with Gasteiger partial charge in [0.25, 0.3) is 5.91 Å². The number of carboxylic acids is 1. The second kappa shape index (κ2) is 30.7. The van der Waals surface area contributed by atoms with E-state index in [1.54, 1.807) is 109 Å². The number of benzene rings is 4. The van der Waals surface area contributed by atoms with Gasteiger partial charge in [0, 0.05) is 60.5 Å². The number of carbonyl (C=O) groups is 9. The minimum atomic E-state index is -2.41. The van der Waals surface area contributed by atoms with Crippen LogP contribution in [0.4, 0.5) is 4.79 Å². The summed E-state index contributed by atoms with van der Waals surface area (Å²) < 4.78 is 0. The van der Waals surface area contributed by atoms with Gasteiger partial charge in [-0.1, -0.05) is 119 Å². The molecule has 0 spiro atoms. The number of carboxylic acid groups (broad SMARTS) is 1. The van der Waals surface area contributed by atoms with Gasteiger partial charge in [-0.05, 0) is 67.6 Å². The highest BCUT2D eigenvalue weighted by Crippen LogP contribution is 2.24. The Bertz CT molecular complexity index is 2960. The monoisotopic (exact) mass is 1150 g/mol. The van der Waals surface area contributed by atoms with Crippen LogP contribution in [0.15, 0.2) is 121 Å². The highest BCUT2D eigenvalue weighted by atomic mass is 33.1. The van der Waals surface area contributed by atoms with Gasteiger partial charge in [-0.25, -0.2) is 20.0 Å². The van der Waals surface area contributed by atoms with Crippen molar-refractivity contribution in [1.29, 1.82) is 0 Å². The molecule has 0 aliphatic carbocycles. The van der Waals surface area contributed by atoms with E-state index in [0.29, 0.717) is 43.9 Å². The Morgan fingerprint density at radius 3 is 1.79 bits per heavy atom. The van der Waals surface area contributed by atoms with Gasteiger partial charge in [0.15, 0.2) is 0 Å². The number of rotatable bonds is 13. The van der Waals surface area contributed by atoms with Gasteiger partial charge in [0.05, 0.1) is 12.1 Å². The van der Waals surface area contributed by atoms with Crippen LogP contribution in [0.1, 0.15) is 53.2 Å². The van der Waals surface area contributed by atoms with Gasteiger partial charge >= 0.3 is 12.0 Å². The van der Waals surface area contributed by atoms with Crippen molar-refractivity contribution in [3.8, 4) is 0 Å². The normalized spacial score (nSPS) is 22.9. The van der Waals surface area contributed by atoms with Gasteiger partial charge in [-0.3, -0.25) is 38.5 Å². The molecule has 81 heavy (non-hydrogen) atoms. The summed E-state index contributed by atoms with van der Waals surface area (Å²) >= 11 is 0. The molecule has 0 radical (unpaired) electrons. The number of fused-ring (bicyclic) bond motifs is 1. The van der Waals surface area contributed by atoms with E-state index in [4.69, 9.17) is 11.5 Å². The molecule has 26 heteroatoms. The Kier molecular flexibility index (Phi) is 23.6.